The van der Waals surface area contributed by atoms with Crippen LogP contribution in [-0.2, 0) is 16.0 Å². The van der Waals surface area contributed by atoms with Gasteiger partial charge in [0.2, 0.25) is 0 Å². The number of unbranched alkanes of at least 4 members (excludes halogenated alkanes) is 3. The van der Waals surface area contributed by atoms with Crippen molar-refractivity contribution in [1.29, 1.82) is 0 Å². The van der Waals surface area contributed by atoms with Crippen LogP contribution in [-0.4, -0.2) is 19.7 Å². The number of ether oxygens (including phenoxy) is 2. The van der Waals surface area contributed by atoms with Crippen molar-refractivity contribution in [2.45, 2.75) is 32.1 Å². The lowest BCUT2D eigenvalue weighted by molar-refractivity contribution is -0.134. The molecule has 0 saturated carbocycles. The van der Waals surface area contributed by atoms with Crippen molar-refractivity contribution in [3.05, 3.63) is 55.1 Å². The quantitative estimate of drug-likeness (QED) is 0.208. The molecule has 2 aromatic rings. The number of hydrogen-bond donors (Lipinski definition) is 0. The van der Waals surface area contributed by atoms with Crippen LogP contribution < -0.4 is 4.74 Å². The number of hydrogen-bond acceptors (Lipinski definition) is 4. The summed E-state index contributed by atoms with van der Waals surface area (Å²) in [6.45, 7) is 0.727. The number of methoxy groups -OCH3 is 1. The Morgan fingerprint density at radius 2 is 1.85 bits per heavy atom. The van der Waals surface area contributed by atoms with Crippen LogP contribution in [0.2, 0.25) is 0 Å². The van der Waals surface area contributed by atoms with Crippen LogP contribution in [0.25, 0.3) is 6.08 Å². The van der Waals surface area contributed by atoms with E-state index in [0.717, 1.165) is 30.8 Å². The molecule has 2 rings (SSSR count). The molecule has 0 fully saturated rings. The monoisotopic (exact) mass is 500 g/mol. The van der Waals surface area contributed by atoms with Crippen molar-refractivity contribution < 1.29 is 14.3 Å². The third-order valence-corrected chi connectivity index (χ3v) is 6.29. The van der Waals surface area contributed by atoms with E-state index in [4.69, 9.17) is 4.74 Å². The molecular formula is C20H22Br2O3S. The smallest absolute Gasteiger partial charge is 0.330 e. The number of esters is 1. The minimum absolute atomic E-state index is 0.357. The summed E-state index contributed by atoms with van der Waals surface area (Å²) in [7, 11) is 1.36. The maximum absolute atomic E-state index is 11.1. The zero-order chi connectivity index (χ0) is 18.8. The molecule has 3 nitrogen and oxygen atoms in total. The molecule has 6 heteroatoms. The SMILES string of the molecule is COC(=O)/C=C/c1ccc(OCCCCCCc2cc(Br)sc2Br)cc1. The Morgan fingerprint density at radius 1 is 1.12 bits per heavy atom. The van der Waals surface area contributed by atoms with Crippen molar-refractivity contribution in [2.24, 2.45) is 0 Å². The molecule has 26 heavy (non-hydrogen) atoms. The predicted molar refractivity (Wildman–Crippen MR) is 115 cm³/mol. The summed E-state index contributed by atoms with van der Waals surface area (Å²) >= 11 is 8.85. The topological polar surface area (TPSA) is 35.5 Å². The molecule has 0 aliphatic rings. The number of rotatable bonds is 10. The molecule has 0 aliphatic heterocycles. The van der Waals surface area contributed by atoms with Crippen molar-refractivity contribution in [2.75, 3.05) is 13.7 Å². The van der Waals surface area contributed by atoms with Gasteiger partial charge in [-0.1, -0.05) is 25.0 Å². The Balaban J connectivity index is 1.59. The molecule has 0 atom stereocenters. The van der Waals surface area contributed by atoms with Gasteiger partial charge in [-0.3, -0.25) is 0 Å². The van der Waals surface area contributed by atoms with Gasteiger partial charge in [0.25, 0.3) is 0 Å². The Kier molecular flexibility index (Phi) is 9.43. The molecule has 0 radical (unpaired) electrons. The van der Waals surface area contributed by atoms with Crippen molar-refractivity contribution >= 4 is 55.2 Å². The van der Waals surface area contributed by atoms with E-state index in [1.807, 2.05) is 24.3 Å². The highest BCUT2D eigenvalue weighted by molar-refractivity contribution is 9.12. The summed E-state index contributed by atoms with van der Waals surface area (Å²) in [4.78, 5) is 11.1. The Bertz CT molecular complexity index is 723. The molecular weight excluding hydrogens is 480 g/mol. The van der Waals surface area contributed by atoms with Gasteiger partial charge in [-0.25, -0.2) is 4.79 Å². The highest BCUT2D eigenvalue weighted by Crippen LogP contribution is 2.32. The molecule has 140 valence electrons. The third-order valence-electron chi connectivity index (χ3n) is 3.83. The second-order valence-corrected chi connectivity index (χ2v) is 9.54. The number of aryl methyl sites for hydroxylation is 1. The highest BCUT2D eigenvalue weighted by Gasteiger charge is 2.04. The van der Waals surface area contributed by atoms with Crippen LogP contribution in [0.4, 0.5) is 0 Å². The average molecular weight is 502 g/mol. The van der Waals surface area contributed by atoms with Crippen LogP contribution in [0.15, 0.2) is 44.0 Å². The number of halogens is 2. The van der Waals surface area contributed by atoms with Gasteiger partial charge >= 0.3 is 5.97 Å². The Labute approximate surface area is 175 Å². The van der Waals surface area contributed by atoms with Gasteiger partial charge in [-0.15, -0.1) is 11.3 Å². The van der Waals surface area contributed by atoms with E-state index < -0.39 is 0 Å². The summed E-state index contributed by atoms with van der Waals surface area (Å²) in [6, 6.07) is 9.88. The number of benzene rings is 1. The van der Waals surface area contributed by atoms with Crippen molar-refractivity contribution in [1.82, 2.24) is 0 Å². The highest BCUT2D eigenvalue weighted by atomic mass is 79.9. The zero-order valence-corrected chi connectivity index (χ0v) is 18.7. The first-order valence-electron chi connectivity index (χ1n) is 8.51. The van der Waals surface area contributed by atoms with Gasteiger partial charge in [0.1, 0.15) is 5.75 Å². The van der Waals surface area contributed by atoms with Crippen LogP contribution in [0.1, 0.15) is 36.8 Å². The summed E-state index contributed by atoms with van der Waals surface area (Å²) in [6.07, 6.45) is 8.87. The minimum atomic E-state index is -0.357. The van der Waals surface area contributed by atoms with Crippen LogP contribution >= 0.6 is 43.2 Å². The van der Waals surface area contributed by atoms with Gasteiger partial charge in [-0.05, 0) is 86.5 Å². The van der Waals surface area contributed by atoms with E-state index in [1.54, 1.807) is 17.4 Å². The fourth-order valence-electron chi connectivity index (χ4n) is 2.41. The second kappa shape index (κ2) is 11.6. The Hall–Kier alpha value is -1.11. The molecule has 0 unspecified atom stereocenters. The number of thiophene rings is 1. The molecule has 0 bridgehead atoms. The fraction of sp³-hybridized carbons (Fsp3) is 0.350. The molecule has 0 amide bonds. The second-order valence-electron chi connectivity index (χ2n) is 5.79. The van der Waals surface area contributed by atoms with Crippen LogP contribution in [0.5, 0.6) is 5.75 Å². The summed E-state index contributed by atoms with van der Waals surface area (Å²) in [5.41, 5.74) is 2.33. The first kappa shape index (κ1) is 21.2. The normalized spacial score (nSPS) is 11.0. The molecule has 1 heterocycles. The molecule has 0 spiro atoms. The van der Waals surface area contributed by atoms with Crippen molar-refractivity contribution in [3.63, 3.8) is 0 Å². The first-order chi connectivity index (χ1) is 12.6. The molecule has 1 aromatic heterocycles. The van der Waals surface area contributed by atoms with E-state index in [9.17, 15) is 4.79 Å². The number of carbonyl (C=O) groups excluding carboxylic acids is 1. The average Bonchev–Trinajstić information content (AvgIpc) is 2.97. The van der Waals surface area contributed by atoms with E-state index in [0.29, 0.717) is 0 Å². The van der Waals surface area contributed by atoms with Crippen LogP contribution in [0.3, 0.4) is 0 Å². The van der Waals surface area contributed by atoms with E-state index >= 15 is 0 Å². The lowest BCUT2D eigenvalue weighted by Gasteiger charge is -2.06. The van der Waals surface area contributed by atoms with Gasteiger partial charge in [0, 0.05) is 6.08 Å². The summed E-state index contributed by atoms with van der Waals surface area (Å²) < 4.78 is 12.7. The predicted octanol–water partition coefficient (Wildman–Crippen LogP) is 6.64. The molecule has 1 aromatic carbocycles. The van der Waals surface area contributed by atoms with Gasteiger partial charge < -0.3 is 9.47 Å². The fourth-order valence-corrected chi connectivity index (χ4v) is 5.33. The standard InChI is InChI=1S/C20H22Br2O3S/c1-24-19(23)12-9-15-7-10-17(11-8-15)25-13-5-3-2-4-6-16-14-18(21)26-20(16)22/h7-12,14H,2-6,13H2,1H3/b12-9+. The third kappa shape index (κ3) is 7.64. The van der Waals surface area contributed by atoms with Gasteiger partial charge in [-0.2, -0.15) is 0 Å². The summed E-state index contributed by atoms with van der Waals surface area (Å²) in [5, 5.41) is 0. The molecule has 0 saturated heterocycles. The molecule has 0 aliphatic carbocycles. The first-order valence-corrected chi connectivity index (χ1v) is 10.9. The lowest BCUT2D eigenvalue weighted by Crippen LogP contribution is -1.97. The maximum Gasteiger partial charge on any atom is 0.330 e. The lowest BCUT2D eigenvalue weighted by atomic mass is 10.1. The number of carbonyl (C=O) groups is 1. The van der Waals surface area contributed by atoms with Gasteiger partial charge in [0.15, 0.2) is 0 Å². The zero-order valence-electron chi connectivity index (χ0n) is 14.7. The van der Waals surface area contributed by atoms with Gasteiger partial charge in [0.05, 0.1) is 21.3 Å². The minimum Gasteiger partial charge on any atom is -0.494 e. The largest absolute Gasteiger partial charge is 0.494 e. The Morgan fingerprint density at radius 3 is 2.50 bits per heavy atom. The van der Waals surface area contributed by atoms with E-state index in [1.165, 1.54) is 45.6 Å². The van der Waals surface area contributed by atoms with E-state index in [-0.39, 0.29) is 5.97 Å². The van der Waals surface area contributed by atoms with Crippen LogP contribution in [0, 0.1) is 0 Å². The summed E-state index contributed by atoms with van der Waals surface area (Å²) in [5.74, 6) is 0.497. The maximum atomic E-state index is 11.1. The van der Waals surface area contributed by atoms with Crippen molar-refractivity contribution in [3.8, 4) is 5.75 Å². The van der Waals surface area contributed by atoms with E-state index in [2.05, 4.69) is 42.7 Å². The molecule has 0 N–H and O–H groups in total.